The van der Waals surface area contributed by atoms with Crippen LogP contribution in [0.25, 0.3) is 0 Å². The van der Waals surface area contributed by atoms with Crippen LogP contribution in [0.1, 0.15) is 34.2 Å². The number of methoxy groups -OCH3 is 1. The van der Waals surface area contributed by atoms with E-state index in [1.807, 2.05) is 0 Å². The molecule has 1 aliphatic heterocycles. The Bertz CT molecular complexity index is 1120. The maximum Gasteiger partial charge on any atom is 0.243 e. The second kappa shape index (κ2) is 10.9. The highest BCUT2D eigenvalue weighted by Crippen LogP contribution is 2.28. The molecule has 8 heteroatoms. The summed E-state index contributed by atoms with van der Waals surface area (Å²) >= 11 is 0. The van der Waals surface area contributed by atoms with Crippen LogP contribution in [0.2, 0.25) is 0 Å². The summed E-state index contributed by atoms with van der Waals surface area (Å²) in [6, 6.07) is 9.92. The predicted octanol–water partition coefficient (Wildman–Crippen LogP) is 3.01. The number of likely N-dealkylation sites (N-methyl/N-ethyl adjacent to an activating group) is 1. The number of fused-ring (bicyclic) bond motifs is 1. The first-order chi connectivity index (χ1) is 16.0. The van der Waals surface area contributed by atoms with Gasteiger partial charge in [-0.15, -0.1) is 0 Å². The van der Waals surface area contributed by atoms with E-state index in [0.717, 1.165) is 31.5 Å². The summed E-state index contributed by atoms with van der Waals surface area (Å²) in [5.74, 6) is 0.540. The number of aryl methyl sites for hydroxylation is 2. The molecule has 1 aliphatic rings. The number of carbonyl (C=O) groups is 1. The van der Waals surface area contributed by atoms with E-state index in [-0.39, 0.29) is 23.8 Å². The van der Waals surface area contributed by atoms with Crippen molar-refractivity contribution in [1.82, 2.24) is 14.1 Å². The highest BCUT2D eigenvalue weighted by atomic mass is 32.2. The molecule has 2 aromatic carbocycles. The van der Waals surface area contributed by atoms with Crippen molar-refractivity contribution in [2.45, 2.75) is 44.6 Å². The largest absolute Gasteiger partial charge is 0.497 e. The third-order valence-electron chi connectivity index (χ3n) is 6.62. The van der Waals surface area contributed by atoms with Crippen LogP contribution in [0.3, 0.4) is 0 Å². The summed E-state index contributed by atoms with van der Waals surface area (Å²) in [7, 11) is 3.28. The van der Waals surface area contributed by atoms with E-state index in [9.17, 15) is 13.2 Å². The lowest BCUT2D eigenvalue weighted by Gasteiger charge is -2.22. The lowest BCUT2D eigenvalue weighted by molar-refractivity contribution is -0.130. The number of nitrogens with zero attached hydrogens (tertiary/aromatic N) is 3. The highest BCUT2D eigenvalue weighted by molar-refractivity contribution is 7.89. The molecule has 186 valence electrons. The van der Waals surface area contributed by atoms with E-state index >= 15 is 0 Å². The van der Waals surface area contributed by atoms with Crippen LogP contribution in [-0.4, -0.2) is 76.3 Å². The number of hydrogen-bond donors (Lipinski definition) is 0. The zero-order valence-corrected chi connectivity index (χ0v) is 22.0. The molecular weight excluding hydrogens is 450 g/mol. The average molecular weight is 488 g/mol. The van der Waals surface area contributed by atoms with Gasteiger partial charge in [0.1, 0.15) is 5.75 Å². The second-order valence-corrected chi connectivity index (χ2v) is 11.3. The van der Waals surface area contributed by atoms with E-state index in [0.29, 0.717) is 23.4 Å². The maximum atomic E-state index is 13.2. The first kappa shape index (κ1) is 26.2. The minimum atomic E-state index is -3.72. The molecule has 7 nitrogen and oxygen atoms in total. The molecule has 34 heavy (non-hydrogen) atoms. The lowest BCUT2D eigenvalue weighted by atomic mass is 10.00. The Hall–Kier alpha value is -2.42. The van der Waals surface area contributed by atoms with Crippen LogP contribution in [-0.2, 0) is 34.2 Å². The van der Waals surface area contributed by atoms with Crippen molar-refractivity contribution >= 4 is 15.9 Å². The van der Waals surface area contributed by atoms with Crippen molar-refractivity contribution in [3.05, 3.63) is 58.1 Å². The van der Waals surface area contributed by atoms with E-state index in [4.69, 9.17) is 4.74 Å². The van der Waals surface area contributed by atoms with Crippen LogP contribution in [0.15, 0.2) is 35.2 Å². The van der Waals surface area contributed by atoms with Crippen molar-refractivity contribution in [3.8, 4) is 5.75 Å². The van der Waals surface area contributed by atoms with E-state index in [2.05, 4.69) is 30.1 Å². The maximum absolute atomic E-state index is 13.2. The molecule has 0 saturated carbocycles. The number of benzene rings is 2. The number of carbonyl (C=O) groups excluding carboxylic acids is 1. The summed E-state index contributed by atoms with van der Waals surface area (Å²) in [4.78, 5) is 17.1. The van der Waals surface area contributed by atoms with Gasteiger partial charge >= 0.3 is 0 Å². The number of amides is 1. The molecule has 3 rings (SSSR count). The molecule has 2 aromatic rings. The van der Waals surface area contributed by atoms with Gasteiger partial charge in [-0.3, -0.25) is 4.79 Å². The van der Waals surface area contributed by atoms with Gasteiger partial charge in [0.25, 0.3) is 0 Å². The fraction of sp³-hybridized carbons (Fsp3) is 0.500. The van der Waals surface area contributed by atoms with Gasteiger partial charge < -0.3 is 14.5 Å². The summed E-state index contributed by atoms with van der Waals surface area (Å²) in [6.07, 6.45) is 2.19. The molecule has 0 aliphatic carbocycles. The Morgan fingerprint density at radius 2 is 1.65 bits per heavy atom. The van der Waals surface area contributed by atoms with Crippen LogP contribution in [0.4, 0.5) is 0 Å². The molecular formula is C26H37N3O4S. The van der Waals surface area contributed by atoms with Crippen molar-refractivity contribution < 1.29 is 17.9 Å². The van der Waals surface area contributed by atoms with Gasteiger partial charge in [0.05, 0.1) is 12.0 Å². The summed E-state index contributed by atoms with van der Waals surface area (Å²) in [6.45, 7) is 6.25. The van der Waals surface area contributed by atoms with E-state index < -0.39 is 10.0 Å². The van der Waals surface area contributed by atoms with E-state index in [1.54, 1.807) is 45.0 Å². The molecule has 0 unspecified atom stereocenters. The summed E-state index contributed by atoms with van der Waals surface area (Å²) in [5.41, 5.74) is 5.10. The van der Waals surface area contributed by atoms with Crippen molar-refractivity contribution in [2.75, 3.05) is 47.9 Å². The Balaban J connectivity index is 1.62. The predicted molar refractivity (Wildman–Crippen MR) is 135 cm³/mol. The van der Waals surface area contributed by atoms with Gasteiger partial charge in [0.15, 0.2) is 0 Å². The van der Waals surface area contributed by atoms with Crippen LogP contribution in [0.5, 0.6) is 5.75 Å². The standard InChI is InChI=1S/C26H37N3O4S/c1-19-15-24(33-6)16-20(2)26(19)34(31,32)29(5)14-11-25(30)28(4)18-21-7-8-22-9-12-27(3)13-10-23(22)17-21/h7-8,15-17H,9-14,18H2,1-6H3. The van der Waals surface area contributed by atoms with Gasteiger partial charge in [-0.2, -0.15) is 0 Å². The third-order valence-corrected chi connectivity index (χ3v) is 8.78. The van der Waals surface area contributed by atoms with Gasteiger partial charge in [-0.1, -0.05) is 18.2 Å². The first-order valence-electron chi connectivity index (χ1n) is 11.7. The Kier molecular flexibility index (Phi) is 8.38. The number of rotatable bonds is 8. The Labute approximate surface area is 204 Å². The third kappa shape index (κ3) is 5.98. The minimum absolute atomic E-state index is 0.0834. The van der Waals surface area contributed by atoms with Crippen molar-refractivity contribution in [3.63, 3.8) is 0 Å². The molecule has 0 saturated heterocycles. The van der Waals surface area contributed by atoms with Gasteiger partial charge in [-0.25, -0.2) is 12.7 Å². The van der Waals surface area contributed by atoms with Gasteiger partial charge in [-0.05, 0) is 73.7 Å². The normalized spacial score (nSPS) is 14.6. The Morgan fingerprint density at radius 1 is 1.03 bits per heavy atom. The van der Waals surface area contributed by atoms with Crippen molar-refractivity contribution in [1.29, 1.82) is 0 Å². The first-order valence-corrected chi connectivity index (χ1v) is 13.1. The SMILES string of the molecule is COc1cc(C)c(S(=O)(=O)N(C)CCC(=O)N(C)Cc2ccc3c(c2)CCN(C)CC3)c(C)c1. The summed E-state index contributed by atoms with van der Waals surface area (Å²) < 4.78 is 32.9. The summed E-state index contributed by atoms with van der Waals surface area (Å²) in [5, 5.41) is 0. The molecule has 0 aromatic heterocycles. The molecule has 1 amide bonds. The molecule has 1 heterocycles. The van der Waals surface area contributed by atoms with Crippen LogP contribution in [0, 0.1) is 13.8 Å². The van der Waals surface area contributed by atoms with Gasteiger partial charge in [0.2, 0.25) is 15.9 Å². The second-order valence-electron chi connectivity index (χ2n) is 9.32. The molecule has 0 spiro atoms. The monoisotopic (exact) mass is 487 g/mol. The van der Waals surface area contributed by atoms with Crippen LogP contribution < -0.4 is 4.74 Å². The average Bonchev–Trinajstić information content (AvgIpc) is 2.97. The minimum Gasteiger partial charge on any atom is -0.497 e. The number of hydrogen-bond acceptors (Lipinski definition) is 5. The van der Waals surface area contributed by atoms with Crippen molar-refractivity contribution in [2.24, 2.45) is 0 Å². The smallest absolute Gasteiger partial charge is 0.243 e. The van der Waals surface area contributed by atoms with Crippen LogP contribution >= 0.6 is 0 Å². The molecule has 0 N–H and O–H groups in total. The quantitative estimate of drug-likeness (QED) is 0.573. The fourth-order valence-corrected chi connectivity index (χ4v) is 6.08. The van der Waals surface area contributed by atoms with Gasteiger partial charge in [0, 0.05) is 46.7 Å². The number of ether oxygens (including phenoxy) is 1. The zero-order chi connectivity index (χ0) is 25.0. The molecule has 0 atom stereocenters. The number of sulfonamides is 1. The topological polar surface area (TPSA) is 70.2 Å². The van der Waals surface area contributed by atoms with E-state index in [1.165, 1.54) is 22.5 Å². The molecule has 0 bridgehead atoms. The zero-order valence-electron chi connectivity index (χ0n) is 21.2. The molecule has 0 fully saturated rings. The fourth-order valence-electron chi connectivity index (χ4n) is 4.51. The highest BCUT2D eigenvalue weighted by Gasteiger charge is 2.26. The lowest BCUT2D eigenvalue weighted by Crippen LogP contribution is -2.34. The Morgan fingerprint density at radius 3 is 2.26 bits per heavy atom. The molecule has 0 radical (unpaired) electrons.